The van der Waals surface area contributed by atoms with Gasteiger partial charge in [0.1, 0.15) is 29.8 Å². The highest BCUT2D eigenvalue weighted by atomic mass is 19.4. The van der Waals surface area contributed by atoms with Gasteiger partial charge in [-0.3, -0.25) is 19.5 Å². The number of nitrogens with two attached hydrogens (primary N) is 1. The number of carbonyl (C=O) groups excluding carboxylic acids is 1. The van der Waals surface area contributed by atoms with Crippen LogP contribution in [0.1, 0.15) is 15.9 Å². The standard InChI is InChI=1S/C23H19F3N6O5/c1-36-18-15(37-10-12-5-3-2-4-6-12)7-14(33)16-17(18)30-22(32(20(16)35)11-23(24,25)26)31-19(34)13-8-28-21(27)29-9-13/h2-9,33H,10-11H2,1H3,(H2,27,28,29)(H,30,31,34). The number of alkyl halides is 3. The maximum Gasteiger partial charge on any atom is 0.406 e. The van der Waals surface area contributed by atoms with Gasteiger partial charge >= 0.3 is 6.18 Å². The molecule has 192 valence electrons. The fourth-order valence-electron chi connectivity index (χ4n) is 3.42. The number of hydrogen-bond donors (Lipinski definition) is 3. The van der Waals surface area contributed by atoms with Crippen LogP contribution in [0.3, 0.4) is 0 Å². The van der Waals surface area contributed by atoms with Gasteiger partial charge in [-0.15, -0.1) is 0 Å². The maximum absolute atomic E-state index is 13.3. The number of methoxy groups -OCH3 is 1. The van der Waals surface area contributed by atoms with Crippen LogP contribution in [-0.2, 0) is 13.2 Å². The fraction of sp³-hybridized carbons (Fsp3) is 0.174. The van der Waals surface area contributed by atoms with Gasteiger partial charge in [-0.05, 0) is 5.56 Å². The number of nitrogens with one attached hydrogen (secondary N) is 1. The summed E-state index contributed by atoms with van der Waals surface area (Å²) in [6.45, 7) is -1.75. The summed E-state index contributed by atoms with van der Waals surface area (Å²) >= 11 is 0. The number of phenolic OH excluding ortho intramolecular Hbond substituents is 1. The zero-order valence-electron chi connectivity index (χ0n) is 19.1. The van der Waals surface area contributed by atoms with Crippen molar-refractivity contribution in [3.63, 3.8) is 0 Å². The highest BCUT2D eigenvalue weighted by Crippen LogP contribution is 2.39. The second-order valence-corrected chi connectivity index (χ2v) is 7.65. The quantitative estimate of drug-likeness (QED) is 0.336. The Kier molecular flexibility index (Phi) is 6.82. The molecule has 11 nitrogen and oxygen atoms in total. The molecule has 0 unspecified atom stereocenters. The van der Waals surface area contributed by atoms with Crippen LogP contribution in [0.5, 0.6) is 17.2 Å². The molecule has 0 radical (unpaired) electrons. The van der Waals surface area contributed by atoms with Crippen LogP contribution in [0.2, 0.25) is 0 Å². The van der Waals surface area contributed by atoms with E-state index in [-0.39, 0.29) is 39.7 Å². The zero-order chi connectivity index (χ0) is 26.7. The summed E-state index contributed by atoms with van der Waals surface area (Å²) in [7, 11) is 1.23. The molecule has 0 atom stereocenters. The number of nitrogens with zero attached hydrogens (tertiary/aromatic N) is 4. The Morgan fingerprint density at radius 1 is 1.19 bits per heavy atom. The van der Waals surface area contributed by atoms with Crippen molar-refractivity contribution < 1.29 is 32.5 Å². The van der Waals surface area contributed by atoms with E-state index >= 15 is 0 Å². The normalized spacial score (nSPS) is 11.4. The molecule has 0 aliphatic carbocycles. The van der Waals surface area contributed by atoms with E-state index in [1.54, 1.807) is 24.3 Å². The van der Waals surface area contributed by atoms with Gasteiger partial charge in [0.15, 0.2) is 11.5 Å². The second kappa shape index (κ2) is 10.0. The van der Waals surface area contributed by atoms with Crippen molar-refractivity contribution in [2.24, 2.45) is 0 Å². The first-order chi connectivity index (χ1) is 17.6. The molecule has 0 aliphatic heterocycles. The molecule has 0 fully saturated rings. The number of carbonyl (C=O) groups is 1. The average Bonchev–Trinajstić information content (AvgIpc) is 2.85. The highest BCUT2D eigenvalue weighted by Gasteiger charge is 2.32. The number of phenols is 1. The summed E-state index contributed by atoms with van der Waals surface area (Å²) in [5.41, 5.74) is 4.42. The summed E-state index contributed by atoms with van der Waals surface area (Å²) in [6.07, 6.45) is -2.76. The molecular weight excluding hydrogens is 497 g/mol. The van der Waals surface area contributed by atoms with E-state index in [1.165, 1.54) is 7.11 Å². The van der Waals surface area contributed by atoms with E-state index in [0.717, 1.165) is 24.0 Å². The molecule has 0 saturated heterocycles. The third-order valence-electron chi connectivity index (χ3n) is 5.07. The molecule has 4 rings (SSSR count). The molecule has 2 aromatic heterocycles. The Morgan fingerprint density at radius 3 is 2.49 bits per heavy atom. The molecule has 2 aromatic carbocycles. The highest BCUT2D eigenvalue weighted by molar-refractivity contribution is 6.03. The van der Waals surface area contributed by atoms with E-state index in [1.807, 2.05) is 6.07 Å². The predicted octanol–water partition coefficient (Wildman–Crippen LogP) is 2.88. The minimum Gasteiger partial charge on any atom is -0.507 e. The summed E-state index contributed by atoms with van der Waals surface area (Å²) in [5.74, 6) is -2.68. The SMILES string of the molecule is COc1c(OCc2ccccc2)cc(O)c2c(=O)n(CC(F)(F)F)c(NC(=O)c3cnc(N)nc3)nc12. The number of fused-ring (bicyclic) bond motifs is 1. The molecule has 2 heterocycles. The van der Waals surface area contributed by atoms with Gasteiger partial charge in [-0.25, -0.2) is 15.0 Å². The summed E-state index contributed by atoms with van der Waals surface area (Å²) < 4.78 is 51.3. The molecule has 0 spiro atoms. The van der Waals surface area contributed by atoms with Crippen LogP contribution in [0.25, 0.3) is 10.9 Å². The number of benzene rings is 2. The number of aromatic nitrogens is 4. The van der Waals surface area contributed by atoms with Gasteiger partial charge in [-0.1, -0.05) is 30.3 Å². The van der Waals surface area contributed by atoms with E-state index in [4.69, 9.17) is 15.2 Å². The molecule has 0 bridgehead atoms. The Balaban J connectivity index is 1.85. The van der Waals surface area contributed by atoms with Crippen molar-refractivity contribution in [2.75, 3.05) is 18.2 Å². The van der Waals surface area contributed by atoms with Crippen LogP contribution < -0.4 is 26.1 Å². The summed E-state index contributed by atoms with van der Waals surface area (Å²) in [5, 5.41) is 12.2. The maximum atomic E-state index is 13.3. The molecule has 0 saturated carbocycles. The van der Waals surface area contributed by atoms with E-state index in [9.17, 15) is 27.9 Å². The minimum absolute atomic E-state index is 0.0268. The van der Waals surface area contributed by atoms with Crippen LogP contribution in [0.4, 0.5) is 25.1 Å². The monoisotopic (exact) mass is 516 g/mol. The van der Waals surface area contributed by atoms with Gasteiger partial charge in [0.25, 0.3) is 11.5 Å². The Morgan fingerprint density at radius 2 is 1.86 bits per heavy atom. The first kappa shape index (κ1) is 25.2. The molecule has 0 aliphatic rings. The minimum atomic E-state index is -4.86. The predicted molar refractivity (Wildman–Crippen MR) is 125 cm³/mol. The number of hydrogen-bond acceptors (Lipinski definition) is 9. The van der Waals surface area contributed by atoms with Gasteiger partial charge in [0, 0.05) is 18.5 Å². The van der Waals surface area contributed by atoms with Crippen LogP contribution in [0.15, 0.2) is 53.6 Å². The van der Waals surface area contributed by atoms with Crippen LogP contribution in [-0.4, -0.2) is 43.8 Å². The molecule has 1 amide bonds. The van der Waals surface area contributed by atoms with Crippen molar-refractivity contribution in [1.29, 1.82) is 0 Å². The Bertz CT molecular complexity index is 1510. The van der Waals surface area contributed by atoms with Gasteiger partial charge < -0.3 is 20.3 Å². The topological polar surface area (TPSA) is 154 Å². The number of rotatable bonds is 7. The van der Waals surface area contributed by atoms with Gasteiger partial charge in [-0.2, -0.15) is 13.2 Å². The third kappa shape index (κ3) is 5.52. The van der Waals surface area contributed by atoms with Crippen molar-refractivity contribution in [3.8, 4) is 17.2 Å². The first-order valence-corrected chi connectivity index (χ1v) is 10.5. The number of anilines is 2. The summed E-state index contributed by atoms with van der Waals surface area (Å²) in [6, 6.07) is 10.0. The number of nitrogen functional groups attached to an aromatic ring is 1. The number of ether oxygens (including phenoxy) is 2. The van der Waals surface area contributed by atoms with Crippen LogP contribution >= 0.6 is 0 Å². The zero-order valence-corrected chi connectivity index (χ0v) is 19.1. The molecule has 4 aromatic rings. The summed E-state index contributed by atoms with van der Waals surface area (Å²) in [4.78, 5) is 37.2. The lowest BCUT2D eigenvalue weighted by Crippen LogP contribution is -2.32. The lowest BCUT2D eigenvalue weighted by atomic mass is 10.2. The lowest BCUT2D eigenvalue weighted by Gasteiger charge is -2.18. The number of halogens is 3. The van der Waals surface area contributed by atoms with Gasteiger partial charge in [0.05, 0.1) is 12.7 Å². The third-order valence-corrected chi connectivity index (χ3v) is 5.07. The smallest absolute Gasteiger partial charge is 0.406 e. The Labute approximate surface area is 206 Å². The Hall–Kier alpha value is -4.88. The van der Waals surface area contributed by atoms with E-state index in [2.05, 4.69) is 20.3 Å². The van der Waals surface area contributed by atoms with Crippen molar-refractivity contribution in [1.82, 2.24) is 19.5 Å². The molecule has 4 N–H and O–H groups in total. The van der Waals surface area contributed by atoms with Crippen LogP contribution in [0, 0.1) is 0 Å². The lowest BCUT2D eigenvalue weighted by molar-refractivity contribution is -0.140. The number of aromatic hydroxyl groups is 1. The van der Waals surface area contributed by atoms with E-state index < -0.39 is 41.3 Å². The van der Waals surface area contributed by atoms with E-state index in [0.29, 0.717) is 0 Å². The van der Waals surface area contributed by atoms with Gasteiger partial charge in [0.2, 0.25) is 11.9 Å². The number of amides is 1. The fourth-order valence-corrected chi connectivity index (χ4v) is 3.42. The molecular formula is C23H19F3N6O5. The molecule has 14 heteroatoms. The second-order valence-electron chi connectivity index (χ2n) is 7.65. The first-order valence-electron chi connectivity index (χ1n) is 10.5. The van der Waals surface area contributed by atoms with Crippen molar-refractivity contribution >= 4 is 28.7 Å². The average molecular weight is 516 g/mol. The van der Waals surface area contributed by atoms with Crippen molar-refractivity contribution in [2.45, 2.75) is 19.3 Å². The largest absolute Gasteiger partial charge is 0.507 e. The molecule has 37 heavy (non-hydrogen) atoms. The van der Waals surface area contributed by atoms with Crippen molar-refractivity contribution in [3.05, 3.63) is 70.3 Å².